The Kier molecular flexibility index (Phi) is 3.69. The van der Waals surface area contributed by atoms with Crippen LogP contribution in [0.25, 0.3) is 6.08 Å². The van der Waals surface area contributed by atoms with Gasteiger partial charge in [-0.1, -0.05) is 42.8 Å². The first kappa shape index (κ1) is 13.3. The van der Waals surface area contributed by atoms with E-state index in [0.717, 1.165) is 16.7 Å². The zero-order valence-electron chi connectivity index (χ0n) is 10.8. The molecule has 1 aromatic rings. The number of benzene rings is 1. The van der Waals surface area contributed by atoms with Crippen LogP contribution in [0.15, 0.2) is 29.8 Å². The van der Waals surface area contributed by atoms with Crippen molar-refractivity contribution in [3.05, 3.63) is 41.0 Å². The van der Waals surface area contributed by atoms with Gasteiger partial charge in [0, 0.05) is 0 Å². The summed E-state index contributed by atoms with van der Waals surface area (Å²) < 4.78 is 0. The Labute approximate surface area is 111 Å². The molecule has 4 heteroatoms. The average Bonchev–Trinajstić information content (AvgIpc) is 2.36. The predicted octanol–water partition coefficient (Wildman–Crippen LogP) is 2.15. The number of hydrogen-bond acceptors (Lipinski definition) is 2. The van der Waals surface area contributed by atoms with Gasteiger partial charge in [0.25, 0.3) is 0 Å². The maximum Gasteiger partial charge on any atom is 0.307 e. The highest BCUT2D eigenvalue weighted by Crippen LogP contribution is 2.41. The number of carbonyl (C=O) groups excluding carboxylic acids is 1. The van der Waals surface area contributed by atoms with E-state index >= 15 is 0 Å². The monoisotopic (exact) mass is 259 g/mol. The molecule has 0 saturated carbocycles. The molecule has 2 atom stereocenters. The molecule has 0 heterocycles. The zero-order chi connectivity index (χ0) is 14.0. The number of nitrogens with two attached hydrogens (primary N) is 1. The van der Waals surface area contributed by atoms with E-state index in [4.69, 9.17) is 10.8 Å². The van der Waals surface area contributed by atoms with Crippen molar-refractivity contribution in [1.29, 1.82) is 0 Å². The second-order valence-electron chi connectivity index (χ2n) is 4.81. The molecule has 0 aliphatic heterocycles. The molecule has 0 bridgehead atoms. The van der Waals surface area contributed by atoms with Crippen molar-refractivity contribution in [2.45, 2.75) is 25.7 Å². The fourth-order valence-electron chi connectivity index (χ4n) is 2.87. The number of primary amides is 1. The SMILES string of the molecule is CCC1C(CC(=O)O)=Cc2ccccc2C1C(N)=O. The van der Waals surface area contributed by atoms with Crippen LogP contribution in [0.4, 0.5) is 0 Å². The summed E-state index contributed by atoms with van der Waals surface area (Å²) in [5.74, 6) is -1.83. The Morgan fingerprint density at radius 1 is 1.32 bits per heavy atom. The molecule has 0 fully saturated rings. The Morgan fingerprint density at radius 2 is 2.00 bits per heavy atom. The molecule has 1 aliphatic rings. The molecule has 0 spiro atoms. The van der Waals surface area contributed by atoms with Crippen LogP contribution in [-0.4, -0.2) is 17.0 Å². The fraction of sp³-hybridized carbons (Fsp3) is 0.333. The van der Waals surface area contributed by atoms with Gasteiger partial charge in [-0.2, -0.15) is 0 Å². The fourth-order valence-corrected chi connectivity index (χ4v) is 2.87. The maximum absolute atomic E-state index is 11.8. The normalized spacial score (nSPS) is 21.4. The molecule has 0 saturated heterocycles. The van der Waals surface area contributed by atoms with E-state index in [9.17, 15) is 9.59 Å². The molecule has 2 unspecified atom stereocenters. The lowest BCUT2D eigenvalue weighted by atomic mass is 9.72. The van der Waals surface area contributed by atoms with Crippen LogP contribution in [-0.2, 0) is 9.59 Å². The number of carboxylic acids is 1. The summed E-state index contributed by atoms with van der Waals surface area (Å²) in [4.78, 5) is 22.7. The van der Waals surface area contributed by atoms with E-state index < -0.39 is 17.8 Å². The molecular weight excluding hydrogens is 242 g/mol. The number of amides is 1. The Balaban J connectivity index is 2.54. The summed E-state index contributed by atoms with van der Waals surface area (Å²) in [6.45, 7) is 1.95. The molecule has 1 amide bonds. The van der Waals surface area contributed by atoms with Gasteiger partial charge < -0.3 is 10.8 Å². The topological polar surface area (TPSA) is 80.4 Å². The van der Waals surface area contributed by atoms with Crippen molar-refractivity contribution in [2.24, 2.45) is 11.7 Å². The predicted molar refractivity (Wildman–Crippen MR) is 72.4 cm³/mol. The second-order valence-corrected chi connectivity index (χ2v) is 4.81. The van der Waals surface area contributed by atoms with E-state index in [1.807, 2.05) is 37.3 Å². The van der Waals surface area contributed by atoms with Crippen LogP contribution in [0, 0.1) is 5.92 Å². The minimum atomic E-state index is -0.882. The van der Waals surface area contributed by atoms with Crippen molar-refractivity contribution in [2.75, 3.05) is 0 Å². The third kappa shape index (κ3) is 2.52. The van der Waals surface area contributed by atoms with Crippen LogP contribution in [0.5, 0.6) is 0 Å². The van der Waals surface area contributed by atoms with Crippen LogP contribution in [0.2, 0.25) is 0 Å². The summed E-state index contributed by atoms with van der Waals surface area (Å²) in [5.41, 5.74) is 8.10. The molecule has 4 nitrogen and oxygen atoms in total. The molecule has 100 valence electrons. The first-order valence-electron chi connectivity index (χ1n) is 6.35. The van der Waals surface area contributed by atoms with Crippen molar-refractivity contribution in [3.63, 3.8) is 0 Å². The smallest absolute Gasteiger partial charge is 0.307 e. The highest BCUT2D eigenvalue weighted by atomic mass is 16.4. The van der Waals surface area contributed by atoms with Gasteiger partial charge in [-0.15, -0.1) is 0 Å². The van der Waals surface area contributed by atoms with E-state index in [1.54, 1.807) is 0 Å². The summed E-state index contributed by atoms with van der Waals surface area (Å²) in [7, 11) is 0. The van der Waals surface area contributed by atoms with Crippen molar-refractivity contribution >= 4 is 18.0 Å². The maximum atomic E-state index is 11.8. The molecule has 2 rings (SSSR count). The van der Waals surface area contributed by atoms with E-state index in [1.165, 1.54) is 0 Å². The molecule has 19 heavy (non-hydrogen) atoms. The lowest BCUT2D eigenvalue weighted by Crippen LogP contribution is -2.32. The first-order valence-corrected chi connectivity index (χ1v) is 6.35. The van der Waals surface area contributed by atoms with Gasteiger partial charge in [0.05, 0.1) is 12.3 Å². The lowest BCUT2D eigenvalue weighted by molar-refractivity contribution is -0.136. The van der Waals surface area contributed by atoms with Gasteiger partial charge in [0.15, 0.2) is 0 Å². The van der Waals surface area contributed by atoms with Gasteiger partial charge in [-0.25, -0.2) is 0 Å². The standard InChI is InChI=1S/C15H17NO3/c1-2-11-10(8-13(17)18)7-9-5-3-4-6-12(9)14(11)15(16)19/h3-7,11,14H,2,8H2,1H3,(H2,16,19)(H,17,18). The second kappa shape index (κ2) is 5.26. The van der Waals surface area contributed by atoms with E-state index in [2.05, 4.69) is 0 Å². The van der Waals surface area contributed by atoms with E-state index in [0.29, 0.717) is 6.42 Å². The van der Waals surface area contributed by atoms with Gasteiger partial charge in [0.2, 0.25) is 5.91 Å². The molecule has 1 aromatic carbocycles. The van der Waals surface area contributed by atoms with Gasteiger partial charge >= 0.3 is 5.97 Å². The number of carbonyl (C=O) groups is 2. The summed E-state index contributed by atoms with van der Waals surface area (Å²) in [6, 6.07) is 7.52. The van der Waals surface area contributed by atoms with Crippen LogP contribution in [0.3, 0.4) is 0 Å². The molecule has 0 radical (unpaired) electrons. The molecule has 3 N–H and O–H groups in total. The van der Waals surface area contributed by atoms with E-state index in [-0.39, 0.29) is 12.3 Å². The molecular formula is C15H17NO3. The Morgan fingerprint density at radius 3 is 2.58 bits per heavy atom. The summed E-state index contributed by atoms with van der Waals surface area (Å²) >= 11 is 0. The quantitative estimate of drug-likeness (QED) is 0.869. The minimum Gasteiger partial charge on any atom is -0.481 e. The third-order valence-electron chi connectivity index (χ3n) is 3.65. The Bertz CT molecular complexity index is 548. The van der Waals surface area contributed by atoms with Crippen LogP contribution >= 0.6 is 0 Å². The third-order valence-corrected chi connectivity index (χ3v) is 3.65. The first-order chi connectivity index (χ1) is 9.04. The number of fused-ring (bicyclic) bond motifs is 1. The summed E-state index contributed by atoms with van der Waals surface area (Å²) in [6.07, 6.45) is 2.54. The van der Waals surface area contributed by atoms with Crippen LogP contribution < -0.4 is 5.73 Å². The lowest BCUT2D eigenvalue weighted by Gasteiger charge is -2.31. The van der Waals surface area contributed by atoms with Crippen molar-refractivity contribution < 1.29 is 14.7 Å². The zero-order valence-corrected chi connectivity index (χ0v) is 10.8. The Hall–Kier alpha value is -2.10. The van der Waals surface area contributed by atoms with Gasteiger partial charge in [-0.3, -0.25) is 9.59 Å². The highest BCUT2D eigenvalue weighted by molar-refractivity contribution is 5.87. The van der Waals surface area contributed by atoms with Gasteiger partial charge in [0.1, 0.15) is 0 Å². The number of rotatable bonds is 4. The molecule has 1 aliphatic carbocycles. The van der Waals surface area contributed by atoms with Gasteiger partial charge in [-0.05, 0) is 23.5 Å². The van der Waals surface area contributed by atoms with Crippen molar-refractivity contribution in [1.82, 2.24) is 0 Å². The largest absolute Gasteiger partial charge is 0.481 e. The number of carboxylic acid groups (broad SMARTS) is 1. The molecule has 0 aromatic heterocycles. The highest BCUT2D eigenvalue weighted by Gasteiger charge is 2.34. The minimum absolute atomic E-state index is 0.0450. The summed E-state index contributed by atoms with van der Waals surface area (Å²) in [5, 5.41) is 8.99. The average molecular weight is 259 g/mol. The van der Waals surface area contributed by atoms with Crippen LogP contribution in [0.1, 0.15) is 36.8 Å². The number of aliphatic carboxylic acids is 1. The van der Waals surface area contributed by atoms with Crippen molar-refractivity contribution in [3.8, 4) is 0 Å². The number of hydrogen-bond donors (Lipinski definition) is 2.